The van der Waals surface area contributed by atoms with Gasteiger partial charge in [0.2, 0.25) is 0 Å². The summed E-state index contributed by atoms with van der Waals surface area (Å²) in [5.74, 6) is 0. The van der Waals surface area contributed by atoms with Crippen LogP contribution in [0.1, 0.15) is 51.8 Å². The molecule has 4 heteroatoms. The van der Waals surface area contributed by atoms with Gasteiger partial charge >= 0.3 is 0 Å². The topological polar surface area (TPSA) is 29.9 Å². The molecule has 1 heterocycles. The number of aromatic nitrogens is 2. The van der Waals surface area contributed by atoms with Gasteiger partial charge in [0, 0.05) is 18.8 Å². The maximum Gasteiger partial charge on any atom is 0.0525 e. The van der Waals surface area contributed by atoms with Gasteiger partial charge in [-0.2, -0.15) is 5.10 Å². The monoisotopic (exact) mass is 245 g/mol. The number of nitrogens with zero attached hydrogens (tertiary/aromatic N) is 2. The maximum atomic E-state index is 4.31. The molecule has 1 rings (SSSR count). The van der Waals surface area contributed by atoms with E-state index in [9.17, 15) is 0 Å². The summed E-state index contributed by atoms with van der Waals surface area (Å²) >= 11 is 0. The summed E-state index contributed by atoms with van der Waals surface area (Å²) in [5, 5.41) is 7.76. The predicted octanol–water partition coefficient (Wildman–Crippen LogP) is 3.17. The van der Waals surface area contributed by atoms with Gasteiger partial charge in [-0.3, -0.25) is 4.68 Å². The Kier molecular flexibility index (Phi) is 8.30. The van der Waals surface area contributed by atoms with E-state index in [2.05, 4.69) is 41.9 Å². The molecule has 3 nitrogen and oxygen atoms in total. The van der Waals surface area contributed by atoms with Gasteiger partial charge in [-0.15, -0.1) is 12.4 Å². The van der Waals surface area contributed by atoms with Crippen LogP contribution in [0, 0.1) is 0 Å². The molecular weight excluding hydrogens is 222 g/mol. The van der Waals surface area contributed by atoms with E-state index in [0.717, 1.165) is 13.1 Å². The van der Waals surface area contributed by atoms with E-state index in [4.69, 9.17) is 0 Å². The summed E-state index contributed by atoms with van der Waals surface area (Å²) in [6, 6.07) is 2.54. The Bertz CT molecular complexity index is 271. The summed E-state index contributed by atoms with van der Waals surface area (Å²) in [7, 11) is 0. The first-order chi connectivity index (χ1) is 7.25. The minimum Gasteiger partial charge on any atom is -0.311 e. The van der Waals surface area contributed by atoms with Crippen LogP contribution in [0.25, 0.3) is 0 Å². The highest BCUT2D eigenvalue weighted by Crippen LogP contribution is 2.07. The van der Waals surface area contributed by atoms with Crippen LogP contribution in [-0.4, -0.2) is 16.3 Å². The van der Waals surface area contributed by atoms with Crippen molar-refractivity contribution in [3.05, 3.63) is 18.0 Å². The van der Waals surface area contributed by atoms with E-state index in [1.165, 1.54) is 25.0 Å². The Hall–Kier alpha value is -0.540. The Labute approximate surface area is 105 Å². The first-order valence-electron chi connectivity index (χ1n) is 5.98. The molecule has 0 radical (unpaired) electrons. The van der Waals surface area contributed by atoms with Crippen LogP contribution in [0.5, 0.6) is 0 Å². The van der Waals surface area contributed by atoms with Crippen molar-refractivity contribution in [2.24, 2.45) is 0 Å². The molecule has 0 amide bonds. The number of halogens is 1. The Balaban J connectivity index is 0.00000225. The van der Waals surface area contributed by atoms with Crippen molar-refractivity contribution in [1.82, 2.24) is 15.1 Å². The highest BCUT2D eigenvalue weighted by molar-refractivity contribution is 5.85. The summed E-state index contributed by atoms with van der Waals surface area (Å²) in [6.07, 6.45) is 5.75. The predicted molar refractivity (Wildman–Crippen MR) is 71.1 cm³/mol. The van der Waals surface area contributed by atoms with E-state index in [1.54, 1.807) is 0 Å². The third kappa shape index (κ3) is 4.99. The van der Waals surface area contributed by atoms with E-state index in [0.29, 0.717) is 6.04 Å². The smallest absolute Gasteiger partial charge is 0.0525 e. The number of hydrogen-bond acceptors (Lipinski definition) is 2. The Morgan fingerprint density at radius 1 is 1.38 bits per heavy atom. The first kappa shape index (κ1) is 15.5. The molecule has 16 heavy (non-hydrogen) atoms. The van der Waals surface area contributed by atoms with Gasteiger partial charge in [-0.1, -0.05) is 19.8 Å². The highest BCUT2D eigenvalue weighted by Gasteiger charge is 2.04. The summed E-state index contributed by atoms with van der Waals surface area (Å²) in [5.41, 5.74) is 1.28. The van der Waals surface area contributed by atoms with E-state index >= 15 is 0 Å². The molecule has 0 aliphatic heterocycles. The van der Waals surface area contributed by atoms with Gasteiger partial charge in [0.25, 0.3) is 0 Å². The van der Waals surface area contributed by atoms with Crippen molar-refractivity contribution in [2.45, 2.75) is 52.6 Å². The second-order valence-electron chi connectivity index (χ2n) is 4.24. The normalized spacial score (nSPS) is 10.5. The van der Waals surface area contributed by atoms with Gasteiger partial charge < -0.3 is 5.32 Å². The number of nitrogens with one attached hydrogen (secondary N) is 1. The average molecular weight is 246 g/mol. The van der Waals surface area contributed by atoms with Crippen LogP contribution in [0.4, 0.5) is 0 Å². The van der Waals surface area contributed by atoms with Crippen LogP contribution in [0.15, 0.2) is 12.3 Å². The minimum absolute atomic E-state index is 0. The van der Waals surface area contributed by atoms with Crippen LogP contribution >= 0.6 is 12.4 Å². The zero-order chi connectivity index (χ0) is 11.1. The van der Waals surface area contributed by atoms with Crippen molar-refractivity contribution in [3.8, 4) is 0 Å². The van der Waals surface area contributed by atoms with Gasteiger partial charge in [0.1, 0.15) is 0 Å². The summed E-state index contributed by atoms with van der Waals surface area (Å²) < 4.78 is 2.08. The zero-order valence-corrected chi connectivity index (χ0v) is 11.4. The molecule has 1 aromatic heterocycles. The van der Waals surface area contributed by atoms with Crippen molar-refractivity contribution >= 4 is 12.4 Å². The second-order valence-corrected chi connectivity index (χ2v) is 4.24. The van der Waals surface area contributed by atoms with Crippen molar-refractivity contribution in [2.75, 3.05) is 6.54 Å². The first-order valence-corrected chi connectivity index (χ1v) is 5.98. The SMILES string of the molecule is CCCCCNCc1ccnn1C(C)C.Cl. The van der Waals surface area contributed by atoms with E-state index < -0.39 is 0 Å². The molecule has 0 fully saturated rings. The van der Waals surface area contributed by atoms with Crippen molar-refractivity contribution in [3.63, 3.8) is 0 Å². The molecule has 0 aliphatic rings. The molecule has 0 unspecified atom stereocenters. The molecule has 0 bridgehead atoms. The van der Waals surface area contributed by atoms with E-state index in [1.807, 2.05) is 6.20 Å². The van der Waals surface area contributed by atoms with Crippen LogP contribution in [0.3, 0.4) is 0 Å². The molecule has 1 aromatic rings. The molecule has 94 valence electrons. The third-order valence-electron chi connectivity index (χ3n) is 2.50. The lowest BCUT2D eigenvalue weighted by Gasteiger charge is -2.11. The largest absolute Gasteiger partial charge is 0.311 e. The van der Waals surface area contributed by atoms with Gasteiger partial charge in [-0.25, -0.2) is 0 Å². The Morgan fingerprint density at radius 3 is 2.75 bits per heavy atom. The van der Waals surface area contributed by atoms with Gasteiger partial charge in [-0.05, 0) is 32.9 Å². The second kappa shape index (κ2) is 8.59. The lowest BCUT2D eigenvalue weighted by atomic mass is 10.2. The lowest BCUT2D eigenvalue weighted by Crippen LogP contribution is -2.18. The van der Waals surface area contributed by atoms with Gasteiger partial charge in [0.15, 0.2) is 0 Å². The molecule has 0 spiro atoms. The molecule has 0 aliphatic carbocycles. The molecule has 0 aromatic carbocycles. The lowest BCUT2D eigenvalue weighted by molar-refractivity contribution is 0.492. The van der Waals surface area contributed by atoms with Crippen molar-refractivity contribution in [1.29, 1.82) is 0 Å². The molecule has 1 N–H and O–H groups in total. The average Bonchev–Trinajstić information content (AvgIpc) is 2.66. The standard InChI is InChI=1S/C12H23N3.ClH/c1-4-5-6-8-13-10-12-7-9-14-15(12)11(2)3;/h7,9,11,13H,4-6,8,10H2,1-3H3;1H. The van der Waals surface area contributed by atoms with Crippen LogP contribution < -0.4 is 5.32 Å². The molecule has 0 saturated heterocycles. The van der Waals surface area contributed by atoms with Crippen molar-refractivity contribution < 1.29 is 0 Å². The number of hydrogen-bond donors (Lipinski definition) is 1. The fourth-order valence-electron chi connectivity index (χ4n) is 1.66. The third-order valence-corrected chi connectivity index (χ3v) is 2.50. The minimum atomic E-state index is 0. The summed E-state index contributed by atoms with van der Waals surface area (Å²) in [4.78, 5) is 0. The number of unbranched alkanes of at least 4 members (excludes halogenated alkanes) is 2. The molecule has 0 saturated carbocycles. The fraction of sp³-hybridized carbons (Fsp3) is 0.750. The quantitative estimate of drug-likeness (QED) is 0.748. The van der Waals surface area contributed by atoms with Crippen LogP contribution in [0.2, 0.25) is 0 Å². The number of rotatable bonds is 7. The molecule has 0 atom stereocenters. The molecular formula is C12H24ClN3. The van der Waals surface area contributed by atoms with Crippen LogP contribution in [-0.2, 0) is 6.54 Å². The highest BCUT2D eigenvalue weighted by atomic mass is 35.5. The maximum absolute atomic E-state index is 4.31. The summed E-state index contributed by atoms with van der Waals surface area (Å²) in [6.45, 7) is 8.59. The zero-order valence-electron chi connectivity index (χ0n) is 10.6. The van der Waals surface area contributed by atoms with E-state index in [-0.39, 0.29) is 12.4 Å². The fourth-order valence-corrected chi connectivity index (χ4v) is 1.66. The Morgan fingerprint density at radius 2 is 2.12 bits per heavy atom. The van der Waals surface area contributed by atoms with Gasteiger partial charge in [0.05, 0.1) is 5.69 Å².